The van der Waals surface area contributed by atoms with Crippen molar-refractivity contribution in [1.82, 2.24) is 0 Å². The van der Waals surface area contributed by atoms with Crippen molar-refractivity contribution in [2.45, 2.75) is 46.3 Å². The highest BCUT2D eigenvalue weighted by atomic mass is 16.5. The van der Waals surface area contributed by atoms with Crippen molar-refractivity contribution in [3.8, 4) is 5.75 Å². The number of piperidine rings is 1. The molecule has 0 radical (unpaired) electrons. The summed E-state index contributed by atoms with van der Waals surface area (Å²) in [5, 5.41) is 0. The zero-order valence-corrected chi connectivity index (χ0v) is 12.5. The number of anilines is 1. The summed E-state index contributed by atoms with van der Waals surface area (Å²) in [6.07, 6.45) is 1.35. The fourth-order valence-corrected chi connectivity index (χ4v) is 2.43. The Balaban J connectivity index is 2.03. The highest BCUT2D eigenvalue weighted by Crippen LogP contribution is 2.32. The Labute approximate surface area is 116 Å². The zero-order valence-electron chi connectivity index (χ0n) is 12.5. The SMILES string of the molecule is CC(C)Oc1ccc(N2CCC(C)(C)C(N)C2)cc1. The van der Waals surface area contributed by atoms with E-state index >= 15 is 0 Å². The Hall–Kier alpha value is -1.22. The van der Waals surface area contributed by atoms with E-state index in [0.29, 0.717) is 0 Å². The van der Waals surface area contributed by atoms with E-state index in [1.54, 1.807) is 0 Å². The third-order valence-corrected chi connectivity index (χ3v) is 4.02. The second kappa shape index (κ2) is 5.41. The topological polar surface area (TPSA) is 38.5 Å². The van der Waals surface area contributed by atoms with Crippen molar-refractivity contribution >= 4 is 5.69 Å². The van der Waals surface area contributed by atoms with Gasteiger partial charge in [0.25, 0.3) is 0 Å². The minimum atomic E-state index is 0.218. The van der Waals surface area contributed by atoms with E-state index in [-0.39, 0.29) is 17.6 Å². The zero-order chi connectivity index (χ0) is 14.0. The van der Waals surface area contributed by atoms with Crippen LogP contribution in [0.2, 0.25) is 0 Å². The Kier molecular flexibility index (Phi) is 4.04. The molecule has 0 saturated carbocycles. The van der Waals surface area contributed by atoms with Crippen LogP contribution in [0.4, 0.5) is 5.69 Å². The van der Waals surface area contributed by atoms with Gasteiger partial charge in [-0.1, -0.05) is 13.8 Å². The molecule has 106 valence electrons. The van der Waals surface area contributed by atoms with Crippen LogP contribution in [0.3, 0.4) is 0 Å². The molecule has 1 atom stereocenters. The van der Waals surface area contributed by atoms with Crippen molar-refractivity contribution in [2.24, 2.45) is 11.1 Å². The molecule has 1 aliphatic rings. The van der Waals surface area contributed by atoms with Gasteiger partial charge in [-0.2, -0.15) is 0 Å². The van der Waals surface area contributed by atoms with Gasteiger partial charge in [-0.3, -0.25) is 0 Å². The molecule has 1 aliphatic heterocycles. The van der Waals surface area contributed by atoms with E-state index in [1.807, 2.05) is 26.0 Å². The van der Waals surface area contributed by atoms with Gasteiger partial charge in [0.15, 0.2) is 0 Å². The highest BCUT2D eigenvalue weighted by molar-refractivity contribution is 5.49. The molecule has 0 amide bonds. The average molecular weight is 262 g/mol. The fraction of sp³-hybridized carbons (Fsp3) is 0.625. The summed E-state index contributed by atoms with van der Waals surface area (Å²) in [7, 11) is 0. The van der Waals surface area contributed by atoms with Crippen LogP contribution in [0.25, 0.3) is 0 Å². The van der Waals surface area contributed by atoms with Gasteiger partial charge in [0, 0.05) is 24.8 Å². The van der Waals surface area contributed by atoms with Crippen LogP contribution < -0.4 is 15.4 Å². The number of nitrogens with zero attached hydrogens (tertiary/aromatic N) is 1. The average Bonchev–Trinajstić information content (AvgIpc) is 2.33. The first-order chi connectivity index (χ1) is 8.88. The molecule has 1 fully saturated rings. The monoisotopic (exact) mass is 262 g/mol. The molecule has 2 N–H and O–H groups in total. The maximum Gasteiger partial charge on any atom is 0.119 e. The second-order valence-electron chi connectivity index (χ2n) is 6.45. The molecule has 0 aromatic heterocycles. The minimum Gasteiger partial charge on any atom is -0.491 e. The van der Waals surface area contributed by atoms with Crippen molar-refractivity contribution in [3.05, 3.63) is 24.3 Å². The number of hydrogen-bond acceptors (Lipinski definition) is 3. The maximum atomic E-state index is 6.27. The Morgan fingerprint density at radius 1 is 1.26 bits per heavy atom. The van der Waals surface area contributed by atoms with Gasteiger partial charge in [-0.25, -0.2) is 0 Å². The van der Waals surface area contributed by atoms with Crippen LogP contribution in [0.15, 0.2) is 24.3 Å². The minimum absolute atomic E-state index is 0.218. The van der Waals surface area contributed by atoms with Crippen molar-refractivity contribution in [2.75, 3.05) is 18.0 Å². The summed E-state index contributed by atoms with van der Waals surface area (Å²) in [6, 6.07) is 8.57. The van der Waals surface area contributed by atoms with E-state index in [9.17, 15) is 0 Å². The van der Waals surface area contributed by atoms with E-state index < -0.39 is 0 Å². The first kappa shape index (κ1) is 14.2. The van der Waals surface area contributed by atoms with Crippen molar-refractivity contribution in [1.29, 1.82) is 0 Å². The standard InChI is InChI=1S/C16H26N2O/c1-12(2)19-14-7-5-13(6-8-14)18-10-9-16(3,4)15(17)11-18/h5-8,12,15H,9-11,17H2,1-4H3. The predicted octanol–water partition coefficient (Wildman–Crippen LogP) is 3.04. The molecule has 1 aromatic rings. The highest BCUT2D eigenvalue weighted by Gasteiger charge is 2.32. The van der Waals surface area contributed by atoms with E-state index in [0.717, 1.165) is 25.3 Å². The van der Waals surface area contributed by atoms with Crippen LogP contribution in [0, 0.1) is 5.41 Å². The number of benzene rings is 1. The van der Waals surface area contributed by atoms with Crippen LogP contribution in [0.5, 0.6) is 5.75 Å². The van der Waals surface area contributed by atoms with Gasteiger partial charge in [-0.15, -0.1) is 0 Å². The first-order valence-corrected chi connectivity index (χ1v) is 7.16. The number of hydrogen-bond donors (Lipinski definition) is 1. The van der Waals surface area contributed by atoms with Crippen LogP contribution >= 0.6 is 0 Å². The molecular weight excluding hydrogens is 236 g/mol. The summed E-state index contributed by atoms with van der Waals surface area (Å²) in [6.45, 7) is 10.6. The second-order valence-corrected chi connectivity index (χ2v) is 6.45. The third-order valence-electron chi connectivity index (χ3n) is 4.02. The molecule has 1 saturated heterocycles. The lowest BCUT2D eigenvalue weighted by atomic mass is 9.78. The number of rotatable bonds is 3. The normalized spacial score (nSPS) is 22.6. The van der Waals surface area contributed by atoms with Crippen molar-refractivity contribution < 1.29 is 4.74 Å². The maximum absolute atomic E-state index is 6.27. The third kappa shape index (κ3) is 3.41. The number of ether oxygens (including phenoxy) is 1. The molecule has 0 aliphatic carbocycles. The molecule has 0 spiro atoms. The lowest BCUT2D eigenvalue weighted by Gasteiger charge is -2.43. The predicted molar refractivity (Wildman–Crippen MR) is 80.8 cm³/mol. The van der Waals surface area contributed by atoms with Gasteiger partial charge >= 0.3 is 0 Å². The molecule has 3 nitrogen and oxygen atoms in total. The summed E-state index contributed by atoms with van der Waals surface area (Å²) >= 11 is 0. The van der Waals surface area contributed by atoms with E-state index in [1.165, 1.54) is 5.69 Å². The summed E-state index contributed by atoms with van der Waals surface area (Å²) < 4.78 is 5.67. The summed E-state index contributed by atoms with van der Waals surface area (Å²) in [5.74, 6) is 0.931. The largest absolute Gasteiger partial charge is 0.491 e. The molecule has 19 heavy (non-hydrogen) atoms. The molecular formula is C16H26N2O. The smallest absolute Gasteiger partial charge is 0.119 e. The number of nitrogens with two attached hydrogens (primary N) is 1. The Morgan fingerprint density at radius 3 is 2.42 bits per heavy atom. The van der Waals surface area contributed by atoms with Gasteiger partial charge < -0.3 is 15.4 Å². The lowest BCUT2D eigenvalue weighted by Crippen LogP contribution is -2.52. The molecule has 3 heteroatoms. The quantitative estimate of drug-likeness (QED) is 0.910. The van der Waals surface area contributed by atoms with Crippen LogP contribution in [-0.4, -0.2) is 25.2 Å². The molecule has 0 bridgehead atoms. The van der Waals surface area contributed by atoms with Gasteiger partial charge in [0.2, 0.25) is 0 Å². The van der Waals surface area contributed by atoms with E-state index in [4.69, 9.17) is 10.5 Å². The summed E-state index contributed by atoms with van der Waals surface area (Å²) in [4.78, 5) is 2.37. The van der Waals surface area contributed by atoms with Crippen LogP contribution in [0.1, 0.15) is 34.1 Å². The first-order valence-electron chi connectivity index (χ1n) is 7.16. The molecule has 1 unspecified atom stereocenters. The van der Waals surface area contributed by atoms with Gasteiger partial charge in [-0.05, 0) is 49.9 Å². The van der Waals surface area contributed by atoms with Crippen LogP contribution in [-0.2, 0) is 0 Å². The summed E-state index contributed by atoms with van der Waals surface area (Å²) in [5.41, 5.74) is 7.75. The molecule has 1 aromatic carbocycles. The molecule has 1 heterocycles. The Bertz CT molecular complexity index is 411. The Morgan fingerprint density at radius 2 is 1.89 bits per heavy atom. The van der Waals surface area contributed by atoms with Gasteiger partial charge in [0.1, 0.15) is 5.75 Å². The van der Waals surface area contributed by atoms with Crippen molar-refractivity contribution in [3.63, 3.8) is 0 Å². The molecule has 2 rings (SSSR count). The van der Waals surface area contributed by atoms with Gasteiger partial charge in [0.05, 0.1) is 6.10 Å². The fourth-order valence-electron chi connectivity index (χ4n) is 2.43. The lowest BCUT2D eigenvalue weighted by molar-refractivity contribution is 0.235. The van der Waals surface area contributed by atoms with E-state index in [2.05, 4.69) is 30.9 Å².